The average Bonchev–Trinajstić information content (AvgIpc) is 2.44. The van der Waals surface area contributed by atoms with Crippen molar-refractivity contribution < 1.29 is 9.13 Å². The van der Waals surface area contributed by atoms with Crippen molar-refractivity contribution in [1.82, 2.24) is 9.97 Å². The largest absolute Gasteiger partial charge is 0.494 e. The van der Waals surface area contributed by atoms with Gasteiger partial charge in [0.1, 0.15) is 17.4 Å². The van der Waals surface area contributed by atoms with Crippen LogP contribution in [0.1, 0.15) is 6.92 Å². The van der Waals surface area contributed by atoms with Gasteiger partial charge in [0.25, 0.3) is 0 Å². The first kappa shape index (κ1) is 14.5. The van der Waals surface area contributed by atoms with Crippen LogP contribution in [0.4, 0.5) is 21.8 Å². The number of nitrogens with zero attached hydrogens (tertiary/aromatic N) is 2. The lowest BCUT2D eigenvalue weighted by Crippen LogP contribution is -2.05. The van der Waals surface area contributed by atoms with Crippen LogP contribution in [0.15, 0.2) is 28.9 Å². The molecule has 0 saturated heterocycles. The lowest BCUT2D eigenvalue weighted by molar-refractivity contribution is 0.413. The maximum Gasteiger partial charge on any atom is 0.224 e. The first-order chi connectivity index (χ1) is 9.63. The number of ether oxygens (including phenoxy) is 1. The highest BCUT2D eigenvalue weighted by atomic mass is 79.9. The van der Waals surface area contributed by atoms with Crippen LogP contribution in [-0.2, 0) is 0 Å². The minimum atomic E-state index is -0.359. The van der Waals surface area contributed by atoms with E-state index in [-0.39, 0.29) is 5.82 Å². The van der Waals surface area contributed by atoms with E-state index in [1.54, 1.807) is 12.3 Å². The molecule has 0 aliphatic carbocycles. The van der Waals surface area contributed by atoms with Gasteiger partial charge in [0.05, 0.1) is 17.3 Å². The SMILES string of the molecule is CCNc1ncc(Br)c(Nc2ccc(F)cc2OC)n1. The molecule has 2 aromatic rings. The minimum Gasteiger partial charge on any atom is -0.494 e. The summed E-state index contributed by atoms with van der Waals surface area (Å²) < 4.78 is 19.0. The summed E-state index contributed by atoms with van der Waals surface area (Å²) in [6, 6.07) is 4.25. The zero-order valence-corrected chi connectivity index (χ0v) is 12.7. The predicted molar refractivity (Wildman–Crippen MR) is 80.1 cm³/mol. The van der Waals surface area contributed by atoms with Crippen LogP contribution in [0.5, 0.6) is 5.75 Å². The summed E-state index contributed by atoms with van der Waals surface area (Å²) in [5.41, 5.74) is 0.621. The third kappa shape index (κ3) is 3.36. The molecule has 0 atom stereocenters. The molecule has 0 aliphatic rings. The molecule has 0 radical (unpaired) electrons. The molecule has 106 valence electrons. The Hall–Kier alpha value is -1.89. The average molecular weight is 341 g/mol. The molecule has 1 aromatic carbocycles. The number of nitrogens with one attached hydrogen (secondary N) is 2. The maximum atomic E-state index is 13.2. The zero-order chi connectivity index (χ0) is 14.5. The maximum absolute atomic E-state index is 13.2. The summed E-state index contributed by atoms with van der Waals surface area (Å²) in [5, 5.41) is 6.11. The number of anilines is 3. The fraction of sp³-hybridized carbons (Fsp3) is 0.231. The van der Waals surface area contributed by atoms with Gasteiger partial charge in [0.2, 0.25) is 5.95 Å². The minimum absolute atomic E-state index is 0.359. The Morgan fingerprint density at radius 1 is 1.40 bits per heavy atom. The van der Waals surface area contributed by atoms with E-state index in [1.165, 1.54) is 19.2 Å². The van der Waals surface area contributed by atoms with E-state index in [4.69, 9.17) is 4.74 Å². The van der Waals surface area contributed by atoms with Gasteiger partial charge in [-0.05, 0) is 35.0 Å². The third-order valence-corrected chi connectivity index (χ3v) is 3.08. The molecular formula is C13H14BrFN4O. The molecule has 0 aliphatic heterocycles. The monoisotopic (exact) mass is 340 g/mol. The van der Waals surface area contributed by atoms with Crippen molar-refractivity contribution >= 4 is 33.4 Å². The van der Waals surface area contributed by atoms with Crippen molar-refractivity contribution in [1.29, 1.82) is 0 Å². The van der Waals surface area contributed by atoms with E-state index in [0.29, 0.717) is 27.7 Å². The van der Waals surface area contributed by atoms with E-state index in [9.17, 15) is 4.39 Å². The van der Waals surface area contributed by atoms with Crippen molar-refractivity contribution in [2.75, 3.05) is 24.3 Å². The van der Waals surface area contributed by atoms with E-state index in [2.05, 4.69) is 36.5 Å². The fourth-order valence-electron chi connectivity index (χ4n) is 1.59. The second-order valence-electron chi connectivity index (χ2n) is 3.89. The van der Waals surface area contributed by atoms with Crippen LogP contribution in [0, 0.1) is 5.82 Å². The number of rotatable bonds is 5. The Labute approximate surface area is 124 Å². The Bertz CT molecular complexity index is 609. The van der Waals surface area contributed by atoms with Crippen molar-refractivity contribution in [3.8, 4) is 5.75 Å². The summed E-state index contributed by atoms with van der Waals surface area (Å²) in [6.45, 7) is 2.68. The second kappa shape index (κ2) is 6.51. The Morgan fingerprint density at radius 3 is 2.90 bits per heavy atom. The number of methoxy groups -OCH3 is 1. The Kier molecular flexibility index (Phi) is 4.73. The molecule has 20 heavy (non-hydrogen) atoms. The molecule has 2 N–H and O–H groups in total. The molecule has 0 unspecified atom stereocenters. The quantitative estimate of drug-likeness (QED) is 0.871. The number of hydrogen-bond donors (Lipinski definition) is 2. The molecular weight excluding hydrogens is 327 g/mol. The number of hydrogen-bond acceptors (Lipinski definition) is 5. The van der Waals surface area contributed by atoms with Gasteiger partial charge in [-0.1, -0.05) is 0 Å². The van der Waals surface area contributed by atoms with Crippen LogP contribution < -0.4 is 15.4 Å². The van der Waals surface area contributed by atoms with Gasteiger partial charge in [0, 0.05) is 18.8 Å². The molecule has 5 nitrogen and oxygen atoms in total. The molecule has 0 amide bonds. The molecule has 0 bridgehead atoms. The van der Waals surface area contributed by atoms with Gasteiger partial charge in [-0.15, -0.1) is 0 Å². The van der Waals surface area contributed by atoms with Gasteiger partial charge in [0.15, 0.2) is 0 Å². The van der Waals surface area contributed by atoms with E-state index in [0.717, 1.165) is 6.54 Å². The van der Waals surface area contributed by atoms with Crippen molar-refractivity contribution in [2.24, 2.45) is 0 Å². The first-order valence-electron chi connectivity index (χ1n) is 6.01. The number of halogens is 2. The summed E-state index contributed by atoms with van der Waals surface area (Å²) in [4.78, 5) is 8.45. The zero-order valence-electron chi connectivity index (χ0n) is 11.1. The van der Waals surface area contributed by atoms with Crippen molar-refractivity contribution in [3.05, 3.63) is 34.7 Å². The number of benzene rings is 1. The van der Waals surface area contributed by atoms with Gasteiger partial charge >= 0.3 is 0 Å². The lowest BCUT2D eigenvalue weighted by Gasteiger charge is -2.12. The van der Waals surface area contributed by atoms with Gasteiger partial charge in [-0.25, -0.2) is 9.37 Å². The molecule has 1 heterocycles. The van der Waals surface area contributed by atoms with E-state index < -0.39 is 0 Å². The summed E-state index contributed by atoms with van der Waals surface area (Å²) in [7, 11) is 1.49. The van der Waals surface area contributed by atoms with Crippen molar-refractivity contribution in [3.63, 3.8) is 0 Å². The van der Waals surface area contributed by atoms with Gasteiger partial charge in [-0.2, -0.15) is 4.98 Å². The van der Waals surface area contributed by atoms with Crippen molar-refractivity contribution in [2.45, 2.75) is 6.92 Å². The highest BCUT2D eigenvalue weighted by molar-refractivity contribution is 9.10. The molecule has 7 heteroatoms. The van der Waals surface area contributed by atoms with Crippen LogP contribution in [0.25, 0.3) is 0 Å². The van der Waals surface area contributed by atoms with Crippen LogP contribution in [0.3, 0.4) is 0 Å². The van der Waals surface area contributed by atoms with Crippen LogP contribution in [-0.4, -0.2) is 23.6 Å². The highest BCUT2D eigenvalue weighted by Crippen LogP contribution is 2.30. The predicted octanol–water partition coefficient (Wildman–Crippen LogP) is 3.56. The fourth-order valence-corrected chi connectivity index (χ4v) is 1.88. The summed E-state index contributed by atoms with van der Waals surface area (Å²) in [6.07, 6.45) is 1.64. The lowest BCUT2D eigenvalue weighted by atomic mass is 10.3. The standard InChI is InChI=1S/C13H14BrFN4O/c1-3-16-13-17-7-9(14)12(19-13)18-10-5-4-8(15)6-11(10)20-2/h4-7H,3H2,1-2H3,(H2,16,17,18,19). The highest BCUT2D eigenvalue weighted by Gasteiger charge is 2.09. The summed E-state index contributed by atoms with van der Waals surface area (Å²) in [5.74, 6) is 1.13. The molecule has 1 aromatic heterocycles. The van der Waals surface area contributed by atoms with Crippen LogP contribution >= 0.6 is 15.9 Å². The van der Waals surface area contributed by atoms with Gasteiger partial charge in [-0.3, -0.25) is 0 Å². The Balaban J connectivity index is 2.31. The Morgan fingerprint density at radius 2 is 2.20 bits per heavy atom. The number of aromatic nitrogens is 2. The molecule has 2 rings (SSSR count). The first-order valence-corrected chi connectivity index (χ1v) is 6.80. The third-order valence-electron chi connectivity index (χ3n) is 2.50. The topological polar surface area (TPSA) is 59.1 Å². The molecule has 0 spiro atoms. The van der Waals surface area contributed by atoms with E-state index >= 15 is 0 Å². The van der Waals surface area contributed by atoms with E-state index in [1.807, 2.05) is 6.92 Å². The molecule has 0 saturated carbocycles. The smallest absolute Gasteiger partial charge is 0.224 e. The normalized spacial score (nSPS) is 10.2. The summed E-state index contributed by atoms with van der Waals surface area (Å²) >= 11 is 3.37. The van der Waals surface area contributed by atoms with Crippen LogP contribution in [0.2, 0.25) is 0 Å². The van der Waals surface area contributed by atoms with Gasteiger partial charge < -0.3 is 15.4 Å². The second-order valence-corrected chi connectivity index (χ2v) is 4.74. The molecule has 0 fully saturated rings.